The van der Waals surface area contributed by atoms with Gasteiger partial charge in [-0.15, -0.1) is 0 Å². The molecule has 0 spiro atoms. The first-order valence-corrected chi connectivity index (χ1v) is 33.9. The summed E-state index contributed by atoms with van der Waals surface area (Å²) in [6.07, 6.45) is 14.2. The van der Waals surface area contributed by atoms with E-state index in [0.717, 1.165) is 57.8 Å². The minimum atomic E-state index is -0.454. The van der Waals surface area contributed by atoms with Gasteiger partial charge in [0.2, 0.25) is 0 Å². The smallest absolute Gasteiger partial charge is 0.251 e. The summed E-state index contributed by atoms with van der Waals surface area (Å²) in [5.41, 5.74) is 1.91. The lowest BCUT2D eigenvalue weighted by molar-refractivity contribution is -0.119. The van der Waals surface area contributed by atoms with E-state index in [0.29, 0.717) is 136 Å². The molecule has 528 valence electrons. The minimum absolute atomic E-state index is 0.114. The number of ketones is 6. The molecule has 96 heavy (non-hydrogen) atoms. The number of carbonyl (C=O) groups excluding carboxylic acids is 15. The molecule has 3 aromatic rings. The van der Waals surface area contributed by atoms with Gasteiger partial charge in [-0.25, -0.2) is 0 Å². The van der Waals surface area contributed by atoms with Gasteiger partial charge >= 0.3 is 0 Å². The van der Waals surface area contributed by atoms with Gasteiger partial charge in [-0.3, -0.25) is 71.9 Å². The molecule has 9 amide bonds. The zero-order chi connectivity index (χ0) is 71.8. The van der Waals surface area contributed by atoms with Crippen LogP contribution in [-0.4, -0.2) is 148 Å². The Bertz CT molecular complexity index is 2750. The molecule has 0 fully saturated rings. The highest BCUT2D eigenvalue weighted by atomic mass is 16.2. The van der Waals surface area contributed by atoms with Crippen molar-refractivity contribution in [3.05, 3.63) is 105 Å². The van der Waals surface area contributed by atoms with Gasteiger partial charge in [-0.05, 0) is 112 Å². The van der Waals surface area contributed by atoms with Crippen LogP contribution in [0.1, 0.15) is 289 Å². The lowest BCUT2D eigenvalue weighted by Crippen LogP contribution is -2.29. The topological polar surface area (TPSA) is 364 Å². The highest BCUT2D eigenvalue weighted by Crippen LogP contribution is 2.16. The Hall–Kier alpha value is -9.09. The van der Waals surface area contributed by atoms with Crippen LogP contribution in [0.4, 0.5) is 0 Å². The fourth-order valence-corrected chi connectivity index (χ4v) is 9.11. The van der Waals surface area contributed by atoms with Gasteiger partial charge in [0.05, 0.1) is 0 Å². The summed E-state index contributed by atoms with van der Waals surface area (Å²) in [6.45, 7) is 13.1. The van der Waals surface area contributed by atoms with E-state index in [4.69, 9.17) is 0 Å². The Kier molecular flexibility index (Phi) is 44.5. The molecule has 0 aromatic heterocycles. The number of rotatable bonds is 45. The maximum Gasteiger partial charge on any atom is 0.251 e. The number of hydrogen-bond acceptors (Lipinski definition) is 15. The van der Waals surface area contributed by atoms with Crippen LogP contribution in [0.2, 0.25) is 0 Å². The van der Waals surface area contributed by atoms with E-state index in [1.807, 2.05) is 20.8 Å². The first-order valence-electron chi connectivity index (χ1n) is 33.9. The summed E-state index contributed by atoms with van der Waals surface area (Å²) < 4.78 is 0. The number of carbonyl (C=O) groups is 15. The fourth-order valence-electron chi connectivity index (χ4n) is 9.11. The number of hydrogen-bond donors (Lipinski definition) is 9. The van der Waals surface area contributed by atoms with Crippen LogP contribution in [0.25, 0.3) is 0 Å². The van der Waals surface area contributed by atoms with Gasteiger partial charge in [0.1, 0.15) is 34.7 Å². The predicted octanol–water partition coefficient (Wildman–Crippen LogP) is 8.41. The van der Waals surface area contributed by atoms with Crippen molar-refractivity contribution in [1.82, 2.24) is 47.9 Å². The lowest BCUT2D eigenvalue weighted by atomic mass is 10.0. The largest absolute Gasteiger partial charge is 0.355 e. The fraction of sp³-hybridized carbons (Fsp3) is 0.542. The summed E-state index contributed by atoms with van der Waals surface area (Å²) in [5, 5.41) is 24.1. The van der Waals surface area contributed by atoms with Gasteiger partial charge < -0.3 is 47.9 Å². The van der Waals surface area contributed by atoms with Crippen molar-refractivity contribution in [2.45, 2.75) is 196 Å². The second-order valence-corrected chi connectivity index (χ2v) is 22.8. The number of Topliss-reactive ketones (excluding diaryl/α,β-unsaturated/α-hetero) is 6. The van der Waals surface area contributed by atoms with Crippen LogP contribution in [0.3, 0.4) is 0 Å². The molecular formula is C72H105N9O15. The average Bonchev–Trinajstić information content (AvgIpc) is 0.866. The number of nitrogens with one attached hydrogen (secondary N) is 9. The molecule has 24 nitrogen and oxygen atoms in total. The third-order valence-corrected chi connectivity index (χ3v) is 15.2. The van der Waals surface area contributed by atoms with E-state index in [1.165, 1.54) is 75.7 Å². The summed E-state index contributed by atoms with van der Waals surface area (Å²) in [7, 11) is 4.44. The monoisotopic (exact) mass is 1340 g/mol. The molecule has 0 bridgehead atoms. The van der Waals surface area contributed by atoms with Crippen molar-refractivity contribution in [2.24, 2.45) is 0 Å². The molecule has 3 aromatic carbocycles. The van der Waals surface area contributed by atoms with Crippen molar-refractivity contribution in [3.63, 3.8) is 0 Å². The van der Waals surface area contributed by atoms with Gasteiger partial charge in [-0.2, -0.15) is 0 Å². The first-order chi connectivity index (χ1) is 45.9. The SMILES string of the molecule is CCC(=O)CCCCCNC(=O)c1cc(C(=O)NCCCCCC(=O)CC)cc(C(=O)NCCCCCC(=O)CC)c1.CCC(=O)CCCNC(=O)c1cc(C(=O)NCCCC(=O)CC)cc(C(=O)NCCCC(=O)CC)c1.CNC(=O)c1cc(C(=O)NC)cc(C(=O)NC)c1. The van der Waals surface area contributed by atoms with Crippen molar-refractivity contribution in [2.75, 3.05) is 60.4 Å². The molecule has 0 radical (unpaired) electrons. The zero-order valence-electron chi connectivity index (χ0n) is 58.0. The Morgan fingerprint density at radius 1 is 0.208 bits per heavy atom. The first kappa shape index (κ1) is 84.9. The lowest BCUT2D eigenvalue weighted by Gasteiger charge is -2.12. The molecule has 0 saturated carbocycles. The van der Waals surface area contributed by atoms with Crippen LogP contribution >= 0.6 is 0 Å². The molecule has 3 rings (SSSR count). The van der Waals surface area contributed by atoms with Gasteiger partial charge in [-0.1, -0.05) is 60.8 Å². The molecule has 0 atom stereocenters. The second kappa shape index (κ2) is 50.4. The minimum Gasteiger partial charge on any atom is -0.355 e. The average molecular weight is 1340 g/mol. The quantitative estimate of drug-likeness (QED) is 0.0240. The molecule has 0 aliphatic rings. The molecule has 24 heteroatoms. The van der Waals surface area contributed by atoms with Crippen molar-refractivity contribution in [1.29, 1.82) is 0 Å². The maximum absolute atomic E-state index is 12.9. The normalized spacial score (nSPS) is 10.3. The van der Waals surface area contributed by atoms with Gasteiger partial charge in [0.25, 0.3) is 53.2 Å². The van der Waals surface area contributed by atoms with Crippen LogP contribution in [0.5, 0.6) is 0 Å². The Morgan fingerprint density at radius 3 is 0.510 bits per heavy atom. The van der Waals surface area contributed by atoms with Gasteiger partial charge in [0.15, 0.2) is 0 Å². The van der Waals surface area contributed by atoms with Crippen LogP contribution < -0.4 is 47.9 Å². The standard InChI is InChI=1S/C33H51N3O6.C27H39N3O6.C12H15N3O3/c1-4-28(37)16-10-7-13-19-34-31(40)25-22-26(32(41)35-20-14-8-11-17-29(38)5-2)24-27(23-25)33(42)36-21-15-9-12-18-30(39)6-3;1-4-22(31)10-7-13-28-25(34)19-16-20(26(35)29-14-8-11-23(32)5-2)18-21(17-19)27(36)30-15-9-12-24(33)6-3;1-13-10(16)7-4-8(11(17)14-2)6-9(5-7)12(18)15-3/h22-24H,4-21H2,1-3H3,(H,34,40)(H,35,41)(H,36,42);16-18H,4-15H2,1-3H3,(H,28,34)(H,29,35)(H,30,36);4-6H,1-3H3,(H,13,16)(H,14,17)(H,15,18). The predicted molar refractivity (Wildman–Crippen MR) is 368 cm³/mol. The highest BCUT2D eigenvalue weighted by molar-refractivity contribution is 6.07. The highest BCUT2D eigenvalue weighted by Gasteiger charge is 2.20. The van der Waals surface area contributed by atoms with Crippen LogP contribution in [0, 0.1) is 0 Å². The molecule has 0 saturated heterocycles. The van der Waals surface area contributed by atoms with Gasteiger partial charge in [0, 0.05) is 188 Å². The van der Waals surface area contributed by atoms with E-state index < -0.39 is 17.7 Å². The Balaban J connectivity index is 0.000000772. The number of unbranched alkanes of at least 4 members (excludes halogenated alkanes) is 6. The number of amides is 9. The Labute approximate surface area is 566 Å². The molecule has 9 N–H and O–H groups in total. The van der Waals surface area contributed by atoms with Crippen molar-refractivity contribution >= 4 is 87.9 Å². The molecule has 0 aliphatic heterocycles. The third kappa shape index (κ3) is 36.0. The molecule has 0 unspecified atom stereocenters. The van der Waals surface area contributed by atoms with Crippen molar-refractivity contribution < 1.29 is 71.9 Å². The summed E-state index contributed by atoms with van der Waals surface area (Å²) in [4.78, 5) is 180. The molecule has 0 heterocycles. The van der Waals surface area contributed by atoms with Crippen LogP contribution in [-0.2, 0) is 28.8 Å². The molecule has 0 aliphatic carbocycles. The van der Waals surface area contributed by atoms with E-state index >= 15 is 0 Å². The zero-order valence-corrected chi connectivity index (χ0v) is 58.0. The van der Waals surface area contributed by atoms with E-state index in [2.05, 4.69) is 47.9 Å². The van der Waals surface area contributed by atoms with E-state index in [1.54, 1.807) is 20.8 Å². The summed E-state index contributed by atoms with van der Waals surface area (Å²) in [6, 6.07) is 13.0. The Morgan fingerprint density at radius 2 is 0.354 bits per heavy atom. The maximum atomic E-state index is 12.9. The van der Waals surface area contributed by atoms with E-state index in [-0.39, 0.29) is 120 Å². The van der Waals surface area contributed by atoms with E-state index in [9.17, 15) is 71.9 Å². The second-order valence-electron chi connectivity index (χ2n) is 22.8. The summed E-state index contributed by atoms with van der Waals surface area (Å²) >= 11 is 0. The van der Waals surface area contributed by atoms with Crippen LogP contribution in [0.15, 0.2) is 54.6 Å². The van der Waals surface area contributed by atoms with Crippen molar-refractivity contribution in [3.8, 4) is 0 Å². The summed E-state index contributed by atoms with van der Waals surface area (Å²) in [5.74, 6) is -2.50. The molecular weight excluding hydrogens is 1230 g/mol. The third-order valence-electron chi connectivity index (χ3n) is 15.2. The number of benzene rings is 3.